The third kappa shape index (κ3) is 5.07. The molecule has 0 aliphatic heterocycles. The van der Waals surface area contributed by atoms with Gasteiger partial charge in [-0.25, -0.2) is 4.79 Å². The van der Waals surface area contributed by atoms with Crippen LogP contribution >= 0.6 is 0 Å². The molecule has 1 rings (SSSR count). The van der Waals surface area contributed by atoms with E-state index >= 15 is 0 Å². The predicted octanol–water partition coefficient (Wildman–Crippen LogP) is 2.42. The molecule has 1 aromatic heterocycles. The van der Waals surface area contributed by atoms with E-state index in [1.54, 1.807) is 31.5 Å². The Morgan fingerprint density at radius 1 is 1.26 bits per heavy atom. The van der Waals surface area contributed by atoms with Gasteiger partial charge in [-0.1, -0.05) is 20.3 Å². The molecule has 104 valence electrons. The standard InChI is InChI=1S/C14H19NO4/c1-3-5-10-18-14(17)13(19-12(16)4-2)11-6-8-15-9-7-11/h6-9,13H,3-5,10H2,1-2H3. The van der Waals surface area contributed by atoms with Crippen molar-refractivity contribution in [1.29, 1.82) is 0 Å². The summed E-state index contributed by atoms with van der Waals surface area (Å²) in [6.07, 6.45) is 4.01. The van der Waals surface area contributed by atoms with Gasteiger partial charge >= 0.3 is 11.9 Å². The van der Waals surface area contributed by atoms with E-state index in [-0.39, 0.29) is 6.42 Å². The number of carbonyl (C=O) groups excluding carboxylic acids is 2. The highest BCUT2D eigenvalue weighted by Gasteiger charge is 2.25. The first-order valence-electron chi connectivity index (χ1n) is 6.45. The summed E-state index contributed by atoms with van der Waals surface area (Å²) < 4.78 is 10.2. The smallest absolute Gasteiger partial charge is 0.352 e. The van der Waals surface area contributed by atoms with E-state index in [2.05, 4.69) is 4.98 Å². The normalized spacial score (nSPS) is 11.7. The second-order valence-corrected chi connectivity index (χ2v) is 4.03. The van der Waals surface area contributed by atoms with Gasteiger partial charge in [-0.15, -0.1) is 0 Å². The minimum Gasteiger partial charge on any atom is -0.463 e. The van der Waals surface area contributed by atoms with Crippen LogP contribution in [0.2, 0.25) is 0 Å². The molecule has 0 amide bonds. The average Bonchev–Trinajstić information content (AvgIpc) is 2.45. The third-order valence-corrected chi connectivity index (χ3v) is 2.50. The lowest BCUT2D eigenvalue weighted by atomic mass is 10.1. The maximum atomic E-state index is 12.0. The zero-order valence-electron chi connectivity index (χ0n) is 11.3. The molecule has 0 aliphatic rings. The van der Waals surface area contributed by atoms with E-state index in [1.165, 1.54) is 0 Å². The fourth-order valence-corrected chi connectivity index (χ4v) is 1.40. The molecule has 0 saturated heterocycles. The van der Waals surface area contributed by atoms with Crippen LogP contribution in [0.4, 0.5) is 0 Å². The number of aromatic nitrogens is 1. The van der Waals surface area contributed by atoms with Gasteiger partial charge in [0.15, 0.2) is 0 Å². The molecule has 0 fully saturated rings. The Balaban J connectivity index is 2.74. The minimum absolute atomic E-state index is 0.212. The van der Waals surface area contributed by atoms with Crippen LogP contribution in [0.1, 0.15) is 44.8 Å². The molecule has 5 nitrogen and oxygen atoms in total. The van der Waals surface area contributed by atoms with Gasteiger partial charge in [0.1, 0.15) is 0 Å². The number of unbranched alkanes of at least 4 members (excludes halogenated alkanes) is 1. The van der Waals surface area contributed by atoms with Gasteiger partial charge in [-0.3, -0.25) is 9.78 Å². The van der Waals surface area contributed by atoms with Crippen molar-refractivity contribution < 1.29 is 19.1 Å². The first kappa shape index (κ1) is 15.1. The lowest BCUT2D eigenvalue weighted by Gasteiger charge is -2.16. The van der Waals surface area contributed by atoms with E-state index in [1.807, 2.05) is 6.92 Å². The van der Waals surface area contributed by atoms with Crippen molar-refractivity contribution in [2.24, 2.45) is 0 Å². The largest absolute Gasteiger partial charge is 0.463 e. The third-order valence-electron chi connectivity index (χ3n) is 2.50. The van der Waals surface area contributed by atoms with Crippen molar-refractivity contribution in [2.75, 3.05) is 6.61 Å². The molecule has 0 aliphatic carbocycles. The first-order chi connectivity index (χ1) is 9.19. The number of carbonyl (C=O) groups is 2. The molecule has 19 heavy (non-hydrogen) atoms. The SMILES string of the molecule is CCCCOC(=O)C(OC(=O)CC)c1ccncc1. The van der Waals surface area contributed by atoms with Crippen molar-refractivity contribution in [3.63, 3.8) is 0 Å². The van der Waals surface area contributed by atoms with Crippen LogP contribution in [-0.2, 0) is 19.1 Å². The van der Waals surface area contributed by atoms with E-state index in [0.717, 1.165) is 12.8 Å². The molecule has 0 saturated carbocycles. The Morgan fingerprint density at radius 3 is 2.53 bits per heavy atom. The van der Waals surface area contributed by atoms with Gasteiger partial charge in [0.05, 0.1) is 6.61 Å². The molecule has 0 N–H and O–H groups in total. The second kappa shape index (κ2) is 8.24. The highest BCUT2D eigenvalue weighted by molar-refractivity contribution is 5.80. The quantitative estimate of drug-likeness (QED) is 0.559. The van der Waals surface area contributed by atoms with Gasteiger partial charge in [-0.2, -0.15) is 0 Å². The Morgan fingerprint density at radius 2 is 1.95 bits per heavy atom. The second-order valence-electron chi connectivity index (χ2n) is 4.03. The lowest BCUT2D eigenvalue weighted by Crippen LogP contribution is -2.22. The number of ether oxygens (including phenoxy) is 2. The van der Waals surface area contributed by atoms with Gasteiger partial charge < -0.3 is 9.47 Å². The van der Waals surface area contributed by atoms with Gasteiger partial charge in [0.25, 0.3) is 0 Å². The van der Waals surface area contributed by atoms with Crippen LogP contribution in [-0.4, -0.2) is 23.5 Å². The molecule has 0 aromatic carbocycles. The minimum atomic E-state index is -1.01. The molecular formula is C14H19NO4. The molecule has 0 spiro atoms. The first-order valence-corrected chi connectivity index (χ1v) is 6.45. The zero-order valence-corrected chi connectivity index (χ0v) is 11.3. The molecule has 5 heteroatoms. The zero-order chi connectivity index (χ0) is 14.1. The number of pyridine rings is 1. The van der Waals surface area contributed by atoms with Gasteiger partial charge in [-0.05, 0) is 18.6 Å². The van der Waals surface area contributed by atoms with Crippen molar-refractivity contribution in [3.05, 3.63) is 30.1 Å². The van der Waals surface area contributed by atoms with Crippen LogP contribution in [0.3, 0.4) is 0 Å². The van der Waals surface area contributed by atoms with Crippen molar-refractivity contribution in [2.45, 2.75) is 39.2 Å². The van der Waals surface area contributed by atoms with Crippen LogP contribution in [0.25, 0.3) is 0 Å². The number of nitrogens with zero attached hydrogens (tertiary/aromatic N) is 1. The van der Waals surface area contributed by atoms with E-state index in [0.29, 0.717) is 12.2 Å². The van der Waals surface area contributed by atoms with Crippen molar-refractivity contribution >= 4 is 11.9 Å². The fourth-order valence-electron chi connectivity index (χ4n) is 1.40. The molecule has 0 radical (unpaired) electrons. The summed E-state index contributed by atoms with van der Waals surface area (Å²) in [5, 5.41) is 0. The summed E-state index contributed by atoms with van der Waals surface area (Å²) in [4.78, 5) is 27.2. The molecule has 0 bridgehead atoms. The Labute approximate surface area is 112 Å². The summed E-state index contributed by atoms with van der Waals surface area (Å²) in [5.41, 5.74) is 0.568. The predicted molar refractivity (Wildman–Crippen MR) is 69.2 cm³/mol. The van der Waals surface area contributed by atoms with Crippen LogP contribution in [0, 0.1) is 0 Å². The van der Waals surface area contributed by atoms with E-state index in [4.69, 9.17) is 9.47 Å². The monoisotopic (exact) mass is 265 g/mol. The Bertz CT molecular complexity index is 405. The number of rotatable bonds is 7. The van der Waals surface area contributed by atoms with Crippen LogP contribution in [0.15, 0.2) is 24.5 Å². The maximum absolute atomic E-state index is 12.0. The summed E-state index contributed by atoms with van der Waals surface area (Å²) in [6.45, 7) is 4.01. The summed E-state index contributed by atoms with van der Waals surface area (Å²) >= 11 is 0. The molecule has 1 atom stereocenters. The van der Waals surface area contributed by atoms with Gasteiger partial charge in [0, 0.05) is 24.4 Å². The van der Waals surface area contributed by atoms with E-state index in [9.17, 15) is 9.59 Å². The maximum Gasteiger partial charge on any atom is 0.352 e. The number of hydrogen-bond donors (Lipinski definition) is 0. The Kier molecular flexibility index (Phi) is 6.57. The average molecular weight is 265 g/mol. The summed E-state index contributed by atoms with van der Waals surface area (Å²) in [5.74, 6) is -0.976. The molecule has 1 heterocycles. The lowest BCUT2D eigenvalue weighted by molar-refractivity contribution is -0.168. The van der Waals surface area contributed by atoms with Crippen molar-refractivity contribution in [3.8, 4) is 0 Å². The molecular weight excluding hydrogens is 246 g/mol. The van der Waals surface area contributed by atoms with Gasteiger partial charge in [0.2, 0.25) is 6.10 Å². The molecule has 1 unspecified atom stereocenters. The fraction of sp³-hybridized carbons (Fsp3) is 0.500. The highest BCUT2D eigenvalue weighted by atomic mass is 16.6. The molecule has 1 aromatic rings. The number of hydrogen-bond acceptors (Lipinski definition) is 5. The van der Waals surface area contributed by atoms with Crippen molar-refractivity contribution in [1.82, 2.24) is 4.98 Å². The Hall–Kier alpha value is -1.91. The summed E-state index contributed by atoms with van der Waals surface area (Å²) in [6, 6.07) is 3.27. The number of esters is 2. The topological polar surface area (TPSA) is 65.5 Å². The van der Waals surface area contributed by atoms with Crippen LogP contribution < -0.4 is 0 Å². The van der Waals surface area contributed by atoms with Crippen LogP contribution in [0.5, 0.6) is 0 Å². The van der Waals surface area contributed by atoms with E-state index < -0.39 is 18.0 Å². The highest BCUT2D eigenvalue weighted by Crippen LogP contribution is 2.19. The summed E-state index contributed by atoms with van der Waals surface area (Å²) in [7, 11) is 0.